The SMILES string of the molecule is O=C1NC(=O)[C@](CCC(=O)N2CCN3c4cc(Cl)ccc4CC3C2)(C2CC2)N1. The van der Waals surface area contributed by atoms with Gasteiger partial charge in [-0.3, -0.25) is 14.9 Å². The van der Waals surface area contributed by atoms with Crippen LogP contribution in [0.15, 0.2) is 18.2 Å². The monoisotopic (exact) mass is 402 g/mol. The molecule has 4 aliphatic rings. The van der Waals surface area contributed by atoms with Crippen LogP contribution in [0.2, 0.25) is 5.02 Å². The molecule has 1 unspecified atom stereocenters. The molecule has 1 aliphatic carbocycles. The first-order valence-electron chi connectivity index (χ1n) is 9.93. The summed E-state index contributed by atoms with van der Waals surface area (Å²) in [6, 6.07) is 5.83. The number of rotatable bonds is 4. The summed E-state index contributed by atoms with van der Waals surface area (Å²) in [5.41, 5.74) is 1.57. The fourth-order valence-electron chi connectivity index (χ4n) is 5.02. The number of amides is 4. The molecule has 3 fully saturated rings. The van der Waals surface area contributed by atoms with Crippen molar-refractivity contribution >= 4 is 35.1 Å². The largest absolute Gasteiger partial charge is 0.364 e. The zero-order chi connectivity index (χ0) is 19.5. The van der Waals surface area contributed by atoms with Gasteiger partial charge in [-0.15, -0.1) is 0 Å². The number of benzene rings is 1. The number of urea groups is 1. The van der Waals surface area contributed by atoms with E-state index < -0.39 is 11.6 Å². The minimum absolute atomic E-state index is 0.0580. The number of piperazine rings is 1. The average molecular weight is 403 g/mol. The van der Waals surface area contributed by atoms with E-state index in [4.69, 9.17) is 11.6 Å². The van der Waals surface area contributed by atoms with E-state index in [0.29, 0.717) is 19.5 Å². The maximum atomic E-state index is 12.9. The van der Waals surface area contributed by atoms with Crippen molar-refractivity contribution in [3.8, 4) is 0 Å². The second-order valence-electron chi connectivity index (χ2n) is 8.32. The normalized spacial score (nSPS) is 28.7. The third kappa shape index (κ3) is 2.83. The van der Waals surface area contributed by atoms with E-state index in [1.54, 1.807) is 0 Å². The number of halogens is 1. The quantitative estimate of drug-likeness (QED) is 0.751. The fourth-order valence-corrected chi connectivity index (χ4v) is 5.18. The minimum atomic E-state index is -0.894. The van der Waals surface area contributed by atoms with Crippen LogP contribution >= 0.6 is 11.6 Å². The van der Waals surface area contributed by atoms with E-state index in [1.165, 1.54) is 11.3 Å². The highest BCUT2D eigenvalue weighted by atomic mass is 35.5. The summed E-state index contributed by atoms with van der Waals surface area (Å²) >= 11 is 6.15. The first-order valence-corrected chi connectivity index (χ1v) is 10.3. The number of carbonyl (C=O) groups excluding carboxylic acids is 3. The lowest BCUT2D eigenvalue weighted by Crippen LogP contribution is -2.54. The van der Waals surface area contributed by atoms with Gasteiger partial charge in [0.2, 0.25) is 5.91 Å². The van der Waals surface area contributed by atoms with E-state index in [-0.39, 0.29) is 30.2 Å². The van der Waals surface area contributed by atoms with Gasteiger partial charge in [-0.2, -0.15) is 0 Å². The van der Waals surface area contributed by atoms with Crippen LogP contribution < -0.4 is 15.5 Å². The van der Waals surface area contributed by atoms with Crippen LogP contribution in [0.5, 0.6) is 0 Å². The number of nitrogens with one attached hydrogen (secondary N) is 2. The molecule has 28 heavy (non-hydrogen) atoms. The van der Waals surface area contributed by atoms with Gasteiger partial charge in [0.05, 0.1) is 6.04 Å². The van der Waals surface area contributed by atoms with Gasteiger partial charge in [-0.25, -0.2) is 4.79 Å². The summed E-state index contributed by atoms with van der Waals surface area (Å²) in [5.74, 6) is -0.0685. The van der Waals surface area contributed by atoms with Crippen molar-refractivity contribution in [2.75, 3.05) is 24.5 Å². The molecule has 1 aromatic carbocycles. The minimum Gasteiger partial charge on any atom is -0.364 e. The molecule has 0 bridgehead atoms. The highest BCUT2D eigenvalue weighted by Gasteiger charge is 2.55. The molecule has 2 atom stereocenters. The zero-order valence-corrected chi connectivity index (χ0v) is 16.3. The van der Waals surface area contributed by atoms with Crippen LogP contribution in [0, 0.1) is 5.92 Å². The molecule has 1 saturated carbocycles. The number of imide groups is 1. The van der Waals surface area contributed by atoms with Crippen LogP contribution in [0.25, 0.3) is 0 Å². The molecule has 4 amide bonds. The third-order valence-corrected chi connectivity index (χ3v) is 6.86. The Morgan fingerprint density at radius 1 is 1.25 bits per heavy atom. The molecule has 0 radical (unpaired) electrons. The summed E-state index contributed by atoms with van der Waals surface area (Å²) in [6.07, 6.45) is 3.40. The number of hydrogen-bond acceptors (Lipinski definition) is 4. The molecule has 148 valence electrons. The summed E-state index contributed by atoms with van der Waals surface area (Å²) in [5, 5.41) is 5.88. The average Bonchev–Trinajstić information content (AvgIpc) is 3.40. The Kier molecular flexibility index (Phi) is 4.05. The second kappa shape index (κ2) is 6.37. The van der Waals surface area contributed by atoms with Crippen LogP contribution in [0.4, 0.5) is 10.5 Å². The number of hydrogen-bond donors (Lipinski definition) is 2. The molecular weight excluding hydrogens is 380 g/mol. The van der Waals surface area contributed by atoms with Crippen molar-refractivity contribution in [2.24, 2.45) is 5.92 Å². The van der Waals surface area contributed by atoms with E-state index in [0.717, 1.165) is 30.8 Å². The summed E-state index contributed by atoms with van der Waals surface area (Å²) in [7, 11) is 0. The van der Waals surface area contributed by atoms with Gasteiger partial charge in [0.15, 0.2) is 0 Å². The van der Waals surface area contributed by atoms with Crippen LogP contribution in [0.3, 0.4) is 0 Å². The van der Waals surface area contributed by atoms with E-state index in [1.807, 2.05) is 17.0 Å². The van der Waals surface area contributed by atoms with Crippen molar-refractivity contribution in [3.63, 3.8) is 0 Å². The molecule has 2 saturated heterocycles. The van der Waals surface area contributed by atoms with Crippen LogP contribution in [-0.2, 0) is 16.0 Å². The van der Waals surface area contributed by atoms with E-state index in [2.05, 4.69) is 21.6 Å². The summed E-state index contributed by atoms with van der Waals surface area (Å²) < 4.78 is 0. The lowest BCUT2D eigenvalue weighted by Gasteiger charge is -2.39. The predicted molar refractivity (Wildman–Crippen MR) is 104 cm³/mol. The molecule has 8 heteroatoms. The van der Waals surface area contributed by atoms with Crippen molar-refractivity contribution in [1.29, 1.82) is 0 Å². The third-order valence-electron chi connectivity index (χ3n) is 6.62. The number of carbonyl (C=O) groups is 3. The topological polar surface area (TPSA) is 81.8 Å². The summed E-state index contributed by atoms with van der Waals surface area (Å²) in [4.78, 5) is 41.1. The number of anilines is 1. The molecule has 7 nitrogen and oxygen atoms in total. The van der Waals surface area contributed by atoms with Gasteiger partial charge in [0, 0.05) is 36.8 Å². The first kappa shape index (κ1) is 17.8. The second-order valence-corrected chi connectivity index (χ2v) is 8.75. The van der Waals surface area contributed by atoms with Gasteiger partial charge < -0.3 is 15.1 Å². The highest BCUT2D eigenvalue weighted by molar-refractivity contribution is 6.30. The Bertz CT molecular complexity index is 871. The first-order chi connectivity index (χ1) is 13.5. The molecule has 1 aromatic rings. The fraction of sp³-hybridized carbons (Fsp3) is 0.550. The molecule has 0 spiro atoms. The Labute approximate surface area is 168 Å². The lowest BCUT2D eigenvalue weighted by molar-refractivity contribution is -0.133. The van der Waals surface area contributed by atoms with Crippen molar-refractivity contribution in [2.45, 2.75) is 43.7 Å². The Morgan fingerprint density at radius 2 is 2.07 bits per heavy atom. The van der Waals surface area contributed by atoms with E-state index in [9.17, 15) is 14.4 Å². The molecule has 3 aliphatic heterocycles. The highest BCUT2D eigenvalue weighted by Crippen LogP contribution is 2.44. The molecular formula is C20H23ClN4O3. The van der Waals surface area contributed by atoms with Crippen LogP contribution in [-0.4, -0.2) is 54.0 Å². The maximum Gasteiger partial charge on any atom is 0.322 e. The molecule has 0 aromatic heterocycles. The van der Waals surface area contributed by atoms with Crippen molar-refractivity contribution < 1.29 is 14.4 Å². The van der Waals surface area contributed by atoms with Gasteiger partial charge >= 0.3 is 6.03 Å². The van der Waals surface area contributed by atoms with Gasteiger partial charge in [-0.05, 0) is 49.3 Å². The smallest absolute Gasteiger partial charge is 0.322 e. The van der Waals surface area contributed by atoms with Crippen molar-refractivity contribution in [3.05, 3.63) is 28.8 Å². The number of fused-ring (bicyclic) bond motifs is 3. The predicted octanol–water partition coefficient (Wildman–Crippen LogP) is 1.68. The Morgan fingerprint density at radius 3 is 2.79 bits per heavy atom. The maximum absolute atomic E-state index is 12.9. The summed E-state index contributed by atoms with van der Waals surface area (Å²) in [6.45, 7) is 2.13. The lowest BCUT2D eigenvalue weighted by atomic mass is 9.87. The van der Waals surface area contributed by atoms with Crippen molar-refractivity contribution in [1.82, 2.24) is 15.5 Å². The molecule has 3 heterocycles. The van der Waals surface area contributed by atoms with E-state index >= 15 is 0 Å². The Balaban J connectivity index is 1.23. The molecule has 2 N–H and O–H groups in total. The van der Waals surface area contributed by atoms with Gasteiger partial charge in [0.25, 0.3) is 5.91 Å². The Hall–Kier alpha value is -2.28. The van der Waals surface area contributed by atoms with Crippen LogP contribution in [0.1, 0.15) is 31.2 Å². The molecule has 5 rings (SSSR count). The zero-order valence-electron chi connectivity index (χ0n) is 15.5. The number of nitrogens with zero attached hydrogens (tertiary/aromatic N) is 2. The van der Waals surface area contributed by atoms with Gasteiger partial charge in [0.1, 0.15) is 5.54 Å². The standard InChI is InChI=1S/C20H23ClN4O3/c21-14-4-1-12-9-15-11-24(7-8-25(15)16(12)10-14)17(26)5-6-20(13-2-3-13)18(27)22-19(28)23-20/h1,4,10,13,15H,2-3,5-9,11H2,(H2,22,23,27,28)/t15?,20-/m0/s1. The van der Waals surface area contributed by atoms with Gasteiger partial charge in [-0.1, -0.05) is 17.7 Å².